The van der Waals surface area contributed by atoms with Crippen LogP contribution in [0.2, 0.25) is 0 Å². The van der Waals surface area contributed by atoms with Crippen LogP contribution < -0.4 is 16.0 Å². The molecular weight excluding hydrogens is 298 g/mol. The summed E-state index contributed by atoms with van der Waals surface area (Å²) in [6.07, 6.45) is 1.46. The van der Waals surface area contributed by atoms with Gasteiger partial charge in [-0.25, -0.2) is 9.97 Å². The minimum Gasteiger partial charge on any atom is -0.372 e. The van der Waals surface area contributed by atoms with Gasteiger partial charge in [-0.1, -0.05) is 0 Å². The van der Waals surface area contributed by atoms with Crippen LogP contribution in [0.4, 0.5) is 11.6 Å². The Morgan fingerprint density at radius 1 is 1.33 bits per heavy atom. The summed E-state index contributed by atoms with van der Waals surface area (Å²) in [5.74, 6) is 1.34. The Hall–Kier alpha value is -1.37. The quantitative estimate of drug-likeness (QED) is 0.766. The van der Waals surface area contributed by atoms with Crippen molar-refractivity contribution in [2.75, 3.05) is 31.3 Å². The highest BCUT2D eigenvalue weighted by atomic mass is 79.9. The molecule has 0 aliphatic carbocycles. The fraction of sp³-hybridized carbons (Fsp3) is 0.545. The number of halogens is 1. The van der Waals surface area contributed by atoms with Gasteiger partial charge in [-0.05, 0) is 29.8 Å². The smallest absolute Gasteiger partial charge is 0.227 e. The molecule has 0 saturated heterocycles. The molecule has 18 heavy (non-hydrogen) atoms. The van der Waals surface area contributed by atoms with Crippen molar-refractivity contribution in [3.05, 3.63) is 10.8 Å². The Balaban J connectivity index is 2.78. The summed E-state index contributed by atoms with van der Waals surface area (Å²) >= 11 is 3.41. The zero-order valence-electron chi connectivity index (χ0n) is 11.0. The highest BCUT2D eigenvalue weighted by Gasteiger charge is 2.26. The number of nitrogens with one attached hydrogen (secondary N) is 3. The van der Waals surface area contributed by atoms with Crippen LogP contribution in [-0.2, 0) is 4.79 Å². The Bertz CT molecular complexity index is 435. The first-order valence-corrected chi connectivity index (χ1v) is 6.36. The lowest BCUT2D eigenvalue weighted by molar-refractivity contribution is -0.128. The van der Waals surface area contributed by atoms with Crippen molar-refractivity contribution >= 4 is 33.5 Å². The third kappa shape index (κ3) is 3.32. The van der Waals surface area contributed by atoms with E-state index in [4.69, 9.17) is 0 Å². The second-order valence-electron chi connectivity index (χ2n) is 4.45. The maximum atomic E-state index is 11.7. The normalized spacial score (nSPS) is 10.9. The average molecular weight is 316 g/mol. The summed E-state index contributed by atoms with van der Waals surface area (Å²) in [6, 6.07) is 0. The highest BCUT2D eigenvalue weighted by molar-refractivity contribution is 9.10. The molecule has 0 aliphatic rings. The van der Waals surface area contributed by atoms with Crippen molar-refractivity contribution in [3.8, 4) is 0 Å². The van der Waals surface area contributed by atoms with Gasteiger partial charge in [-0.3, -0.25) is 4.79 Å². The van der Waals surface area contributed by atoms with Crippen LogP contribution in [-0.4, -0.2) is 36.5 Å². The van der Waals surface area contributed by atoms with Crippen molar-refractivity contribution in [1.82, 2.24) is 15.3 Å². The molecule has 0 saturated carbocycles. The van der Waals surface area contributed by atoms with Crippen LogP contribution in [0.5, 0.6) is 0 Å². The number of anilines is 2. The molecule has 0 aromatic carbocycles. The van der Waals surface area contributed by atoms with Crippen LogP contribution >= 0.6 is 15.9 Å². The van der Waals surface area contributed by atoms with Gasteiger partial charge in [0.25, 0.3) is 0 Å². The molecular formula is C11H18BrN5O. The standard InChI is InChI=1S/C11H18BrN5O/c1-11(2,10(18)14-4)5-15-9-7(12)8(13-3)16-6-17-9/h6H,5H2,1-4H3,(H,14,18)(H2,13,15,16,17). The predicted molar refractivity (Wildman–Crippen MR) is 75.6 cm³/mol. The van der Waals surface area contributed by atoms with Gasteiger partial charge in [-0.15, -0.1) is 0 Å². The molecule has 0 fully saturated rings. The number of carbonyl (C=O) groups is 1. The summed E-state index contributed by atoms with van der Waals surface area (Å²) in [4.78, 5) is 19.9. The van der Waals surface area contributed by atoms with Crippen molar-refractivity contribution in [3.63, 3.8) is 0 Å². The molecule has 0 aliphatic heterocycles. The average Bonchev–Trinajstić information content (AvgIpc) is 2.36. The van der Waals surface area contributed by atoms with Crippen molar-refractivity contribution in [2.24, 2.45) is 5.41 Å². The van der Waals surface area contributed by atoms with Gasteiger partial charge in [0.2, 0.25) is 5.91 Å². The Kier molecular flexibility index (Phi) is 4.89. The number of rotatable bonds is 5. The second kappa shape index (κ2) is 5.99. The number of hydrogen-bond donors (Lipinski definition) is 3. The zero-order chi connectivity index (χ0) is 13.8. The van der Waals surface area contributed by atoms with Gasteiger partial charge < -0.3 is 16.0 Å². The number of nitrogens with zero attached hydrogens (tertiary/aromatic N) is 2. The Labute approximate surface area is 115 Å². The molecule has 100 valence electrons. The largest absolute Gasteiger partial charge is 0.372 e. The van der Waals surface area contributed by atoms with E-state index in [0.717, 1.165) is 4.47 Å². The number of amides is 1. The third-order valence-electron chi connectivity index (χ3n) is 2.57. The van der Waals surface area contributed by atoms with Gasteiger partial charge in [0.15, 0.2) is 0 Å². The van der Waals surface area contributed by atoms with Crippen LogP contribution in [0, 0.1) is 5.41 Å². The minimum atomic E-state index is -0.515. The van der Waals surface area contributed by atoms with Gasteiger partial charge in [-0.2, -0.15) is 0 Å². The van der Waals surface area contributed by atoms with E-state index in [1.165, 1.54) is 6.33 Å². The lowest BCUT2D eigenvalue weighted by Gasteiger charge is -2.23. The van der Waals surface area contributed by atoms with Gasteiger partial charge in [0, 0.05) is 20.6 Å². The molecule has 3 N–H and O–H groups in total. The SMILES string of the molecule is CNC(=O)C(C)(C)CNc1ncnc(NC)c1Br. The molecule has 6 nitrogen and oxygen atoms in total. The second-order valence-corrected chi connectivity index (χ2v) is 5.24. The van der Waals surface area contributed by atoms with E-state index in [1.807, 2.05) is 13.8 Å². The van der Waals surface area contributed by atoms with Gasteiger partial charge >= 0.3 is 0 Å². The highest BCUT2D eigenvalue weighted by Crippen LogP contribution is 2.27. The molecule has 0 atom stereocenters. The van der Waals surface area contributed by atoms with E-state index in [2.05, 4.69) is 41.8 Å². The van der Waals surface area contributed by atoms with Crippen molar-refractivity contribution in [1.29, 1.82) is 0 Å². The summed E-state index contributed by atoms with van der Waals surface area (Å²) in [5, 5.41) is 8.74. The monoisotopic (exact) mass is 315 g/mol. The topological polar surface area (TPSA) is 78.9 Å². The van der Waals surface area contributed by atoms with Crippen LogP contribution in [0.1, 0.15) is 13.8 Å². The molecule has 1 aromatic heterocycles. The molecule has 1 rings (SSSR count). The van der Waals surface area contributed by atoms with E-state index in [-0.39, 0.29) is 5.91 Å². The summed E-state index contributed by atoms with van der Waals surface area (Å²) in [5.41, 5.74) is -0.515. The Morgan fingerprint density at radius 2 is 1.94 bits per heavy atom. The lowest BCUT2D eigenvalue weighted by Crippen LogP contribution is -2.39. The fourth-order valence-electron chi connectivity index (χ4n) is 1.39. The van der Waals surface area contributed by atoms with E-state index < -0.39 is 5.41 Å². The molecule has 1 aromatic rings. The zero-order valence-corrected chi connectivity index (χ0v) is 12.6. The van der Waals surface area contributed by atoms with Gasteiger partial charge in [0.05, 0.1) is 5.41 Å². The summed E-state index contributed by atoms with van der Waals surface area (Å²) < 4.78 is 0.750. The molecule has 7 heteroatoms. The van der Waals surface area contributed by atoms with Crippen LogP contribution in [0.25, 0.3) is 0 Å². The van der Waals surface area contributed by atoms with Crippen LogP contribution in [0.3, 0.4) is 0 Å². The fourth-order valence-corrected chi connectivity index (χ4v) is 1.93. The molecule has 0 spiro atoms. The van der Waals surface area contributed by atoms with E-state index in [1.54, 1.807) is 14.1 Å². The molecule has 0 unspecified atom stereocenters. The maximum absolute atomic E-state index is 11.7. The Morgan fingerprint density at radius 3 is 2.50 bits per heavy atom. The third-order valence-corrected chi connectivity index (χ3v) is 3.32. The first kappa shape index (κ1) is 14.7. The lowest BCUT2D eigenvalue weighted by atomic mass is 9.92. The minimum absolute atomic E-state index is 0.0194. The van der Waals surface area contributed by atoms with E-state index >= 15 is 0 Å². The first-order valence-electron chi connectivity index (χ1n) is 5.56. The summed E-state index contributed by atoms with van der Waals surface area (Å²) in [6.45, 7) is 4.21. The number of hydrogen-bond acceptors (Lipinski definition) is 5. The van der Waals surface area contributed by atoms with Crippen molar-refractivity contribution < 1.29 is 4.79 Å². The van der Waals surface area contributed by atoms with Crippen LogP contribution in [0.15, 0.2) is 10.8 Å². The number of carbonyl (C=O) groups excluding carboxylic acids is 1. The number of aromatic nitrogens is 2. The molecule has 1 heterocycles. The first-order chi connectivity index (χ1) is 8.42. The maximum Gasteiger partial charge on any atom is 0.227 e. The predicted octanol–water partition coefficient (Wildman–Crippen LogP) is 1.46. The van der Waals surface area contributed by atoms with Gasteiger partial charge in [0.1, 0.15) is 22.4 Å². The van der Waals surface area contributed by atoms with Crippen molar-refractivity contribution in [2.45, 2.75) is 13.8 Å². The molecule has 1 amide bonds. The molecule has 0 radical (unpaired) electrons. The summed E-state index contributed by atoms with van der Waals surface area (Å²) in [7, 11) is 3.41. The van der Waals surface area contributed by atoms with E-state index in [0.29, 0.717) is 18.2 Å². The van der Waals surface area contributed by atoms with E-state index in [9.17, 15) is 4.79 Å². The molecule has 0 bridgehead atoms.